The average Bonchev–Trinajstić information content (AvgIpc) is 2.76. The van der Waals surface area contributed by atoms with E-state index in [0.717, 1.165) is 23.7 Å². The molecule has 0 N–H and O–H groups in total. The zero-order valence-corrected chi connectivity index (χ0v) is 9.90. The number of methoxy groups -OCH3 is 1. The highest BCUT2D eigenvalue weighted by molar-refractivity contribution is 6.30. The van der Waals surface area contributed by atoms with E-state index in [9.17, 15) is 0 Å². The SMILES string of the molecule is CCn1cnnc1-c1cc(Cl)ccc1OC. The van der Waals surface area contributed by atoms with Crippen LogP contribution in [0.15, 0.2) is 24.5 Å². The molecule has 0 bridgehead atoms. The molecule has 2 rings (SSSR count). The summed E-state index contributed by atoms with van der Waals surface area (Å²) in [7, 11) is 1.62. The minimum atomic E-state index is 0.654. The highest BCUT2D eigenvalue weighted by Crippen LogP contribution is 2.30. The molecule has 0 amide bonds. The van der Waals surface area contributed by atoms with Gasteiger partial charge in [-0.1, -0.05) is 11.6 Å². The molecule has 1 aromatic carbocycles. The second-order valence-corrected chi connectivity index (χ2v) is 3.72. The third-order valence-electron chi connectivity index (χ3n) is 2.36. The molecule has 0 atom stereocenters. The van der Waals surface area contributed by atoms with Crippen LogP contribution in [0.3, 0.4) is 0 Å². The van der Waals surface area contributed by atoms with E-state index >= 15 is 0 Å². The first-order valence-corrected chi connectivity index (χ1v) is 5.35. The molecule has 0 aliphatic rings. The second kappa shape index (κ2) is 4.53. The largest absolute Gasteiger partial charge is 0.496 e. The third kappa shape index (κ3) is 1.88. The van der Waals surface area contributed by atoms with Gasteiger partial charge in [0.1, 0.15) is 12.1 Å². The number of benzene rings is 1. The van der Waals surface area contributed by atoms with E-state index in [-0.39, 0.29) is 0 Å². The van der Waals surface area contributed by atoms with Gasteiger partial charge in [0.25, 0.3) is 0 Å². The molecule has 2 aromatic rings. The summed E-state index contributed by atoms with van der Waals surface area (Å²) in [6.07, 6.45) is 1.69. The van der Waals surface area contributed by atoms with E-state index in [2.05, 4.69) is 10.2 Å². The summed E-state index contributed by atoms with van der Waals surface area (Å²) >= 11 is 5.97. The van der Waals surface area contributed by atoms with Crippen molar-refractivity contribution < 1.29 is 4.74 Å². The predicted octanol–water partition coefficient (Wildman–Crippen LogP) is 2.63. The molecule has 0 saturated carbocycles. The summed E-state index contributed by atoms with van der Waals surface area (Å²) < 4.78 is 7.22. The molecule has 0 aliphatic heterocycles. The maximum absolute atomic E-state index is 5.97. The van der Waals surface area contributed by atoms with Gasteiger partial charge in [0.05, 0.1) is 12.7 Å². The molecule has 84 valence electrons. The number of aromatic nitrogens is 3. The number of rotatable bonds is 3. The fourth-order valence-electron chi connectivity index (χ4n) is 1.55. The molecular weight excluding hydrogens is 226 g/mol. The van der Waals surface area contributed by atoms with Crippen molar-refractivity contribution in [3.05, 3.63) is 29.5 Å². The van der Waals surface area contributed by atoms with Gasteiger partial charge >= 0.3 is 0 Å². The Bertz CT molecular complexity index is 496. The summed E-state index contributed by atoms with van der Waals surface area (Å²) in [6, 6.07) is 5.44. The van der Waals surface area contributed by atoms with Crippen LogP contribution in [-0.4, -0.2) is 21.9 Å². The number of hydrogen-bond donors (Lipinski definition) is 0. The Morgan fingerprint density at radius 2 is 2.25 bits per heavy atom. The number of nitrogens with zero attached hydrogens (tertiary/aromatic N) is 3. The predicted molar refractivity (Wildman–Crippen MR) is 62.7 cm³/mol. The van der Waals surface area contributed by atoms with Gasteiger partial charge in [-0.05, 0) is 25.1 Å². The minimum Gasteiger partial charge on any atom is -0.496 e. The monoisotopic (exact) mass is 237 g/mol. The van der Waals surface area contributed by atoms with Gasteiger partial charge in [0, 0.05) is 11.6 Å². The molecule has 16 heavy (non-hydrogen) atoms. The Morgan fingerprint density at radius 1 is 1.44 bits per heavy atom. The number of halogens is 1. The van der Waals surface area contributed by atoms with E-state index < -0.39 is 0 Å². The lowest BCUT2D eigenvalue weighted by Gasteiger charge is -2.08. The smallest absolute Gasteiger partial charge is 0.167 e. The van der Waals surface area contributed by atoms with Gasteiger partial charge < -0.3 is 9.30 Å². The van der Waals surface area contributed by atoms with Crippen LogP contribution in [0.25, 0.3) is 11.4 Å². The first-order valence-electron chi connectivity index (χ1n) is 4.98. The number of ether oxygens (including phenoxy) is 1. The van der Waals surface area contributed by atoms with Crippen molar-refractivity contribution >= 4 is 11.6 Å². The molecule has 0 aliphatic carbocycles. The highest BCUT2D eigenvalue weighted by Gasteiger charge is 2.12. The first kappa shape index (κ1) is 11.0. The molecule has 0 saturated heterocycles. The van der Waals surface area contributed by atoms with Crippen LogP contribution in [-0.2, 0) is 6.54 Å². The Balaban J connectivity index is 2.58. The summed E-state index contributed by atoms with van der Waals surface area (Å²) in [5, 5.41) is 8.62. The van der Waals surface area contributed by atoms with Crippen LogP contribution in [0, 0.1) is 0 Å². The number of hydrogen-bond acceptors (Lipinski definition) is 3. The molecule has 1 aromatic heterocycles. The standard InChI is InChI=1S/C11H12ClN3O/c1-3-15-7-13-14-11(15)9-6-8(12)4-5-10(9)16-2/h4-7H,3H2,1-2H3. The normalized spacial score (nSPS) is 10.4. The van der Waals surface area contributed by atoms with E-state index in [1.54, 1.807) is 19.5 Å². The van der Waals surface area contributed by atoms with Crippen molar-refractivity contribution in [3.8, 4) is 17.1 Å². The highest BCUT2D eigenvalue weighted by atomic mass is 35.5. The summed E-state index contributed by atoms with van der Waals surface area (Å²) in [6.45, 7) is 2.84. The van der Waals surface area contributed by atoms with Crippen LogP contribution in [0.5, 0.6) is 5.75 Å². The van der Waals surface area contributed by atoms with Crippen molar-refractivity contribution in [2.45, 2.75) is 13.5 Å². The minimum absolute atomic E-state index is 0.654. The third-order valence-corrected chi connectivity index (χ3v) is 2.59. The molecule has 0 spiro atoms. The van der Waals surface area contributed by atoms with Crippen LogP contribution >= 0.6 is 11.6 Å². The molecular formula is C11H12ClN3O. The van der Waals surface area contributed by atoms with Crippen LogP contribution in [0.2, 0.25) is 5.02 Å². The lowest BCUT2D eigenvalue weighted by Crippen LogP contribution is -1.98. The second-order valence-electron chi connectivity index (χ2n) is 3.29. The molecule has 0 radical (unpaired) electrons. The molecule has 5 heteroatoms. The average molecular weight is 238 g/mol. The van der Waals surface area contributed by atoms with Crippen molar-refractivity contribution in [2.24, 2.45) is 0 Å². The lowest BCUT2D eigenvalue weighted by molar-refractivity contribution is 0.416. The molecule has 1 heterocycles. The molecule has 4 nitrogen and oxygen atoms in total. The Kier molecular flexibility index (Phi) is 3.10. The van der Waals surface area contributed by atoms with Crippen molar-refractivity contribution in [1.29, 1.82) is 0 Å². The summed E-state index contributed by atoms with van der Waals surface area (Å²) in [4.78, 5) is 0. The maximum atomic E-state index is 5.97. The fraction of sp³-hybridized carbons (Fsp3) is 0.273. The zero-order chi connectivity index (χ0) is 11.5. The van der Waals surface area contributed by atoms with Gasteiger partial charge in [-0.15, -0.1) is 10.2 Å². The van der Waals surface area contributed by atoms with Gasteiger partial charge in [-0.2, -0.15) is 0 Å². The zero-order valence-electron chi connectivity index (χ0n) is 9.14. The van der Waals surface area contributed by atoms with Gasteiger partial charge in [-0.25, -0.2) is 0 Å². The van der Waals surface area contributed by atoms with E-state index in [1.165, 1.54) is 0 Å². The Labute approximate surface area is 98.8 Å². The quantitative estimate of drug-likeness (QED) is 0.824. The van der Waals surface area contributed by atoms with E-state index in [4.69, 9.17) is 16.3 Å². The van der Waals surface area contributed by atoms with Crippen LogP contribution < -0.4 is 4.74 Å². The summed E-state index contributed by atoms with van der Waals surface area (Å²) in [5.74, 6) is 1.51. The summed E-state index contributed by atoms with van der Waals surface area (Å²) in [5.41, 5.74) is 0.856. The van der Waals surface area contributed by atoms with E-state index in [0.29, 0.717) is 5.02 Å². The Hall–Kier alpha value is -1.55. The van der Waals surface area contributed by atoms with Crippen molar-refractivity contribution in [1.82, 2.24) is 14.8 Å². The van der Waals surface area contributed by atoms with Gasteiger partial charge in [0.15, 0.2) is 5.82 Å². The lowest BCUT2D eigenvalue weighted by atomic mass is 10.2. The van der Waals surface area contributed by atoms with Gasteiger partial charge in [-0.3, -0.25) is 0 Å². The van der Waals surface area contributed by atoms with Gasteiger partial charge in [0.2, 0.25) is 0 Å². The van der Waals surface area contributed by atoms with Crippen LogP contribution in [0.4, 0.5) is 0 Å². The topological polar surface area (TPSA) is 39.9 Å². The maximum Gasteiger partial charge on any atom is 0.167 e. The number of aryl methyl sites for hydroxylation is 1. The fourth-order valence-corrected chi connectivity index (χ4v) is 1.72. The van der Waals surface area contributed by atoms with Crippen molar-refractivity contribution in [3.63, 3.8) is 0 Å². The molecule has 0 unspecified atom stereocenters. The first-order chi connectivity index (χ1) is 7.76. The van der Waals surface area contributed by atoms with Crippen molar-refractivity contribution in [2.75, 3.05) is 7.11 Å². The van der Waals surface area contributed by atoms with Crippen LogP contribution in [0.1, 0.15) is 6.92 Å². The van der Waals surface area contributed by atoms with E-state index in [1.807, 2.05) is 23.6 Å². The Morgan fingerprint density at radius 3 is 2.94 bits per heavy atom. The molecule has 0 fully saturated rings.